The number of hydrogen-bond donors (Lipinski definition) is 0. The third-order valence-corrected chi connectivity index (χ3v) is 8.10. The van der Waals surface area contributed by atoms with Gasteiger partial charge in [-0.1, -0.05) is 6.07 Å². The fourth-order valence-electron chi connectivity index (χ4n) is 5.18. The molecule has 1 aromatic carbocycles. The molecular formula is C29H46BFN4O5. The molecule has 9 nitrogen and oxygen atoms in total. The van der Waals surface area contributed by atoms with Crippen LogP contribution in [0.2, 0.25) is 0 Å². The second-order valence-corrected chi connectivity index (χ2v) is 12.9. The van der Waals surface area contributed by atoms with Crippen LogP contribution < -0.4 is 5.46 Å². The maximum absolute atomic E-state index is 14.9. The van der Waals surface area contributed by atoms with Crippen molar-refractivity contribution in [3.63, 3.8) is 0 Å². The van der Waals surface area contributed by atoms with E-state index in [1.807, 2.05) is 55.5 Å². The van der Waals surface area contributed by atoms with Gasteiger partial charge in [0.2, 0.25) is 0 Å². The number of amides is 1. The normalized spacial score (nSPS) is 19.4. The first kappa shape index (κ1) is 30.7. The van der Waals surface area contributed by atoms with E-state index in [0.29, 0.717) is 31.4 Å². The van der Waals surface area contributed by atoms with Crippen molar-refractivity contribution in [2.24, 2.45) is 7.05 Å². The van der Waals surface area contributed by atoms with Crippen molar-refractivity contribution in [1.29, 1.82) is 0 Å². The minimum Gasteiger partial charge on any atom is -0.444 e. The Bertz CT molecular complexity index is 1170. The summed E-state index contributed by atoms with van der Waals surface area (Å²) in [5, 5.41) is 5.23. The lowest BCUT2D eigenvalue weighted by atomic mass is 9.76. The zero-order chi connectivity index (χ0) is 29.3. The summed E-state index contributed by atoms with van der Waals surface area (Å²) in [6.45, 7) is 19.0. The number of fused-ring (bicyclic) bond motifs is 1. The molecule has 2 saturated heterocycles. The third-order valence-electron chi connectivity index (χ3n) is 8.10. The first-order chi connectivity index (χ1) is 18.7. The molecule has 0 saturated carbocycles. The maximum atomic E-state index is 14.9. The predicted octanol–water partition coefficient (Wildman–Crippen LogP) is 3.90. The maximum Gasteiger partial charge on any atom is 0.495 e. The van der Waals surface area contributed by atoms with Gasteiger partial charge < -0.3 is 23.7 Å². The van der Waals surface area contributed by atoms with Crippen molar-refractivity contribution in [3.8, 4) is 0 Å². The van der Waals surface area contributed by atoms with Gasteiger partial charge in [0.15, 0.2) is 5.82 Å². The standard InChI is InChI=1S/C29H46BFN4O5/c1-27(2,3)38-26(36)35(16-10-14-34-17-19-37-20-18-34)15-9-11-23-24-21(12-13-22(31)25(24)32-33(23)8)30-39-28(4,5)29(6,7)40-30/h12-13H,9-11,14-20H2,1-8H3. The van der Waals surface area contributed by atoms with Crippen LogP contribution >= 0.6 is 0 Å². The highest BCUT2D eigenvalue weighted by atomic mass is 19.1. The van der Waals surface area contributed by atoms with Crippen molar-refractivity contribution < 1.29 is 28.0 Å². The molecular weight excluding hydrogens is 514 g/mol. The van der Waals surface area contributed by atoms with Crippen molar-refractivity contribution in [2.45, 2.75) is 84.5 Å². The minimum atomic E-state index is -0.630. The molecule has 0 spiro atoms. The van der Waals surface area contributed by atoms with E-state index in [0.717, 1.165) is 55.8 Å². The molecule has 40 heavy (non-hydrogen) atoms. The van der Waals surface area contributed by atoms with E-state index in [2.05, 4.69) is 10.00 Å². The van der Waals surface area contributed by atoms with E-state index in [1.165, 1.54) is 6.07 Å². The Hall–Kier alpha value is -2.21. The summed E-state index contributed by atoms with van der Waals surface area (Å²) in [5.74, 6) is -0.379. The molecule has 0 radical (unpaired) electrons. The molecule has 0 unspecified atom stereocenters. The summed E-state index contributed by atoms with van der Waals surface area (Å²) in [6, 6.07) is 3.17. The predicted molar refractivity (Wildman–Crippen MR) is 154 cm³/mol. The number of rotatable bonds is 9. The number of nitrogens with zero attached hydrogens (tertiary/aromatic N) is 4. The summed E-state index contributed by atoms with van der Waals surface area (Å²) in [5.41, 5.74) is 0.349. The molecule has 0 atom stereocenters. The molecule has 0 N–H and O–H groups in total. The SMILES string of the molecule is Cn1nc2c(F)ccc(B3OC(C)(C)C(C)(C)O3)c2c1CCCN(CCCN1CCOCC1)C(=O)OC(C)(C)C. The highest BCUT2D eigenvalue weighted by Gasteiger charge is 2.52. The molecule has 4 rings (SSSR count). The van der Waals surface area contributed by atoms with Crippen molar-refractivity contribution in [1.82, 2.24) is 19.6 Å². The van der Waals surface area contributed by atoms with E-state index in [9.17, 15) is 9.18 Å². The van der Waals surface area contributed by atoms with Gasteiger partial charge in [-0.05, 0) is 79.3 Å². The summed E-state index contributed by atoms with van der Waals surface area (Å²) >= 11 is 0. The number of hydrogen-bond acceptors (Lipinski definition) is 7. The number of carbonyl (C=O) groups excluding carboxylic acids is 1. The average molecular weight is 561 g/mol. The molecule has 222 valence electrons. The van der Waals surface area contributed by atoms with E-state index in [-0.39, 0.29) is 11.9 Å². The van der Waals surface area contributed by atoms with Gasteiger partial charge in [0.05, 0.1) is 24.4 Å². The van der Waals surface area contributed by atoms with Crippen molar-refractivity contribution >= 4 is 29.6 Å². The van der Waals surface area contributed by atoms with E-state index in [1.54, 1.807) is 15.6 Å². The fraction of sp³-hybridized carbons (Fsp3) is 0.724. The van der Waals surface area contributed by atoms with Crippen LogP contribution in [0, 0.1) is 5.82 Å². The summed E-state index contributed by atoms with van der Waals surface area (Å²) in [4.78, 5) is 17.2. The van der Waals surface area contributed by atoms with Crippen LogP contribution in [-0.4, -0.2) is 95.5 Å². The Morgan fingerprint density at radius 3 is 2.35 bits per heavy atom. The smallest absolute Gasteiger partial charge is 0.444 e. The second-order valence-electron chi connectivity index (χ2n) is 12.9. The lowest BCUT2D eigenvalue weighted by Gasteiger charge is -2.32. The highest BCUT2D eigenvalue weighted by Crippen LogP contribution is 2.37. The number of ether oxygens (including phenoxy) is 2. The minimum absolute atomic E-state index is 0.305. The number of carbonyl (C=O) groups is 1. The first-order valence-corrected chi connectivity index (χ1v) is 14.5. The van der Waals surface area contributed by atoms with E-state index >= 15 is 0 Å². The van der Waals surface area contributed by atoms with Crippen LogP contribution in [-0.2, 0) is 32.3 Å². The van der Waals surface area contributed by atoms with Gasteiger partial charge in [-0.3, -0.25) is 9.58 Å². The zero-order valence-electron chi connectivity index (χ0n) is 25.5. The van der Waals surface area contributed by atoms with Crippen LogP contribution in [0.1, 0.15) is 67.0 Å². The lowest BCUT2D eigenvalue weighted by molar-refractivity contribution is 0.00578. The molecule has 2 aliphatic heterocycles. The number of aromatic nitrogens is 2. The van der Waals surface area contributed by atoms with Gasteiger partial charge >= 0.3 is 13.2 Å². The molecule has 0 aliphatic carbocycles. The van der Waals surface area contributed by atoms with Crippen LogP contribution in [0.15, 0.2) is 12.1 Å². The van der Waals surface area contributed by atoms with Crippen LogP contribution in [0.5, 0.6) is 0 Å². The number of halogens is 1. The summed E-state index contributed by atoms with van der Waals surface area (Å²) in [7, 11) is 1.20. The molecule has 2 aliphatic rings. The molecule has 1 aromatic heterocycles. The van der Waals surface area contributed by atoms with Crippen LogP contribution in [0.3, 0.4) is 0 Å². The quantitative estimate of drug-likeness (QED) is 0.431. The van der Waals surface area contributed by atoms with Crippen molar-refractivity contribution in [2.75, 3.05) is 45.9 Å². The van der Waals surface area contributed by atoms with Crippen molar-refractivity contribution in [3.05, 3.63) is 23.6 Å². The van der Waals surface area contributed by atoms with Crippen LogP contribution in [0.25, 0.3) is 10.9 Å². The molecule has 2 aromatic rings. The fourth-order valence-corrected chi connectivity index (χ4v) is 5.18. The van der Waals surface area contributed by atoms with Gasteiger partial charge in [0.1, 0.15) is 11.1 Å². The topological polar surface area (TPSA) is 78.3 Å². The number of morpholine rings is 1. The van der Waals surface area contributed by atoms with Gasteiger partial charge in [-0.25, -0.2) is 9.18 Å². The third kappa shape index (κ3) is 6.98. The summed E-state index contributed by atoms with van der Waals surface area (Å²) in [6.07, 6.45) is 1.81. The zero-order valence-corrected chi connectivity index (χ0v) is 25.5. The van der Waals surface area contributed by atoms with Gasteiger partial charge in [0, 0.05) is 50.9 Å². The Balaban J connectivity index is 1.50. The Labute approximate surface area is 238 Å². The molecule has 2 fully saturated rings. The molecule has 0 bridgehead atoms. The molecule has 3 heterocycles. The first-order valence-electron chi connectivity index (χ1n) is 14.5. The van der Waals surface area contributed by atoms with E-state index in [4.69, 9.17) is 18.8 Å². The Morgan fingerprint density at radius 1 is 1.10 bits per heavy atom. The second kappa shape index (κ2) is 12.0. The molecule has 1 amide bonds. The average Bonchev–Trinajstić information content (AvgIpc) is 3.29. The highest BCUT2D eigenvalue weighted by molar-refractivity contribution is 6.65. The summed E-state index contributed by atoms with van der Waals surface area (Å²) < 4.78 is 40.4. The van der Waals surface area contributed by atoms with Crippen LogP contribution in [0.4, 0.5) is 9.18 Å². The Kier molecular flexibility index (Phi) is 9.19. The number of aryl methyl sites for hydroxylation is 2. The number of benzene rings is 1. The largest absolute Gasteiger partial charge is 0.495 e. The molecule has 11 heteroatoms. The monoisotopic (exact) mass is 560 g/mol. The lowest BCUT2D eigenvalue weighted by Crippen LogP contribution is -2.41. The Morgan fingerprint density at radius 2 is 1.73 bits per heavy atom. The van der Waals surface area contributed by atoms with E-state index < -0.39 is 23.9 Å². The van der Waals surface area contributed by atoms with Gasteiger partial charge in [-0.15, -0.1) is 0 Å². The van der Waals surface area contributed by atoms with Gasteiger partial charge in [0.25, 0.3) is 0 Å². The van der Waals surface area contributed by atoms with Gasteiger partial charge in [-0.2, -0.15) is 5.10 Å².